The van der Waals surface area contributed by atoms with Gasteiger partial charge < -0.3 is 19.5 Å². The quantitative estimate of drug-likeness (QED) is 0.773. The molecule has 1 saturated heterocycles. The summed E-state index contributed by atoms with van der Waals surface area (Å²) < 4.78 is 5.91. The first-order chi connectivity index (χ1) is 12.0. The number of furan rings is 1. The van der Waals surface area contributed by atoms with Crippen molar-refractivity contribution in [3.05, 3.63) is 52.4 Å². The summed E-state index contributed by atoms with van der Waals surface area (Å²) in [4.78, 5) is 15.9. The van der Waals surface area contributed by atoms with E-state index in [4.69, 9.17) is 4.42 Å². The van der Waals surface area contributed by atoms with Crippen LogP contribution in [-0.2, 0) is 0 Å². The van der Waals surface area contributed by atoms with Gasteiger partial charge in [0.15, 0.2) is 10.4 Å². The van der Waals surface area contributed by atoms with Gasteiger partial charge in [0, 0.05) is 38.2 Å². The smallest absolute Gasteiger partial charge is 0.287 e. The minimum absolute atomic E-state index is 0.167. The molecule has 0 bridgehead atoms. The second-order valence-corrected chi connectivity index (χ2v) is 7.50. The largest absolute Gasteiger partial charge is 0.444 e. The Morgan fingerprint density at radius 3 is 2.44 bits per heavy atom. The minimum atomic E-state index is -0.167. The fourth-order valence-corrected chi connectivity index (χ4v) is 3.71. The summed E-state index contributed by atoms with van der Waals surface area (Å²) >= 11 is 3.23. The second kappa shape index (κ2) is 8.06. The maximum absolute atomic E-state index is 12.3. The van der Waals surface area contributed by atoms with Crippen molar-refractivity contribution in [1.82, 2.24) is 5.32 Å². The number of nitrogens with one attached hydrogen (secondary N) is 2. The summed E-state index contributed by atoms with van der Waals surface area (Å²) in [5.41, 5.74) is 2.45. The molecule has 6 heteroatoms. The lowest BCUT2D eigenvalue weighted by Gasteiger charge is -2.25. The number of hydrogen-bond donors (Lipinski definition) is 2. The van der Waals surface area contributed by atoms with E-state index in [0.717, 1.165) is 13.1 Å². The summed E-state index contributed by atoms with van der Waals surface area (Å²) in [5, 5.41) is 3.04. The molecule has 2 heterocycles. The van der Waals surface area contributed by atoms with Crippen molar-refractivity contribution < 1.29 is 14.1 Å². The lowest BCUT2D eigenvalue weighted by atomic mass is 10.0. The number of likely N-dealkylation sites (tertiary alicyclic amines) is 1. The molecule has 0 radical (unpaired) electrons. The Balaban J connectivity index is 1.72. The first-order valence-corrected chi connectivity index (χ1v) is 9.49. The molecule has 1 fully saturated rings. The number of rotatable bonds is 6. The number of amides is 1. The number of carbonyl (C=O) groups excluding carboxylic acids is 1. The fourth-order valence-electron chi connectivity index (χ4n) is 3.40. The van der Waals surface area contributed by atoms with Crippen LogP contribution in [0.4, 0.5) is 5.69 Å². The summed E-state index contributed by atoms with van der Waals surface area (Å²) in [7, 11) is 4.08. The molecule has 0 unspecified atom stereocenters. The van der Waals surface area contributed by atoms with Crippen molar-refractivity contribution in [2.75, 3.05) is 38.6 Å². The zero-order valence-electron chi connectivity index (χ0n) is 14.7. The van der Waals surface area contributed by atoms with Crippen LogP contribution < -0.4 is 15.1 Å². The Morgan fingerprint density at radius 2 is 1.88 bits per heavy atom. The van der Waals surface area contributed by atoms with E-state index < -0.39 is 0 Å². The Kier molecular flexibility index (Phi) is 5.81. The molecule has 0 spiro atoms. The van der Waals surface area contributed by atoms with E-state index in [1.807, 2.05) is 14.1 Å². The molecule has 5 nitrogen and oxygen atoms in total. The highest BCUT2D eigenvalue weighted by Crippen LogP contribution is 2.18. The van der Waals surface area contributed by atoms with Crippen LogP contribution in [0, 0.1) is 0 Å². The molecule has 134 valence electrons. The van der Waals surface area contributed by atoms with Crippen molar-refractivity contribution in [1.29, 1.82) is 0 Å². The number of halogens is 1. The predicted octanol–water partition coefficient (Wildman–Crippen LogP) is 2.26. The number of hydrogen-bond acceptors (Lipinski definition) is 3. The molecule has 2 N–H and O–H groups in total. The minimum Gasteiger partial charge on any atom is -0.444 e. The topological polar surface area (TPSA) is 49.9 Å². The average Bonchev–Trinajstić information content (AvgIpc) is 3.27. The normalized spacial score (nSPS) is 16.0. The number of benzene rings is 1. The number of nitrogens with zero attached hydrogens (tertiary/aromatic N) is 1. The van der Waals surface area contributed by atoms with Crippen LogP contribution >= 0.6 is 15.9 Å². The van der Waals surface area contributed by atoms with Crippen LogP contribution in [-0.4, -0.2) is 39.6 Å². The van der Waals surface area contributed by atoms with Gasteiger partial charge in [0.25, 0.3) is 5.91 Å². The van der Waals surface area contributed by atoms with Gasteiger partial charge in [0.1, 0.15) is 6.04 Å². The maximum atomic E-state index is 12.3. The Hall–Kier alpha value is -1.79. The van der Waals surface area contributed by atoms with Crippen molar-refractivity contribution in [2.24, 2.45) is 0 Å². The molecule has 0 saturated carbocycles. The Labute approximate surface area is 157 Å². The highest BCUT2D eigenvalue weighted by molar-refractivity contribution is 9.10. The van der Waals surface area contributed by atoms with Gasteiger partial charge in [0.2, 0.25) is 0 Å². The summed E-state index contributed by atoms with van der Waals surface area (Å²) in [6.45, 7) is 2.92. The Morgan fingerprint density at radius 1 is 1.20 bits per heavy atom. The molecule has 2 aromatic rings. The molecule has 1 amide bonds. The Bertz CT molecular complexity index is 706. The molecular weight excluding hydrogens is 382 g/mol. The number of quaternary nitrogens is 1. The first-order valence-electron chi connectivity index (χ1n) is 8.70. The number of carbonyl (C=O) groups is 1. The molecule has 1 atom stereocenters. The summed E-state index contributed by atoms with van der Waals surface area (Å²) in [6.07, 6.45) is 2.50. The van der Waals surface area contributed by atoms with Crippen LogP contribution in [0.25, 0.3) is 0 Å². The second-order valence-electron chi connectivity index (χ2n) is 6.72. The van der Waals surface area contributed by atoms with Crippen LogP contribution in [0.2, 0.25) is 0 Å². The number of anilines is 1. The van der Waals surface area contributed by atoms with E-state index in [1.165, 1.54) is 24.1 Å². The van der Waals surface area contributed by atoms with Gasteiger partial charge in [-0.15, -0.1) is 0 Å². The third kappa shape index (κ3) is 4.44. The van der Waals surface area contributed by atoms with Crippen LogP contribution in [0.1, 0.15) is 35.0 Å². The van der Waals surface area contributed by atoms with E-state index in [-0.39, 0.29) is 11.9 Å². The highest BCUT2D eigenvalue weighted by Gasteiger charge is 2.28. The van der Waals surface area contributed by atoms with Gasteiger partial charge in [-0.25, -0.2) is 0 Å². The summed E-state index contributed by atoms with van der Waals surface area (Å²) in [5.74, 6) is 0.171. The van der Waals surface area contributed by atoms with E-state index in [1.54, 1.807) is 17.0 Å². The van der Waals surface area contributed by atoms with E-state index in [0.29, 0.717) is 17.0 Å². The van der Waals surface area contributed by atoms with E-state index >= 15 is 0 Å². The highest BCUT2D eigenvalue weighted by atomic mass is 79.9. The molecule has 1 aromatic heterocycles. The van der Waals surface area contributed by atoms with Crippen molar-refractivity contribution in [3.63, 3.8) is 0 Å². The zero-order chi connectivity index (χ0) is 17.8. The molecular formula is C19H25BrN3O2+. The van der Waals surface area contributed by atoms with Gasteiger partial charge >= 0.3 is 0 Å². The fraction of sp³-hybridized carbons (Fsp3) is 0.421. The van der Waals surface area contributed by atoms with Crippen molar-refractivity contribution in [3.8, 4) is 0 Å². The van der Waals surface area contributed by atoms with Crippen molar-refractivity contribution in [2.45, 2.75) is 18.9 Å². The van der Waals surface area contributed by atoms with E-state index in [9.17, 15) is 4.79 Å². The van der Waals surface area contributed by atoms with Gasteiger partial charge in [0.05, 0.1) is 19.6 Å². The lowest BCUT2D eigenvalue weighted by molar-refractivity contribution is -0.918. The third-order valence-electron chi connectivity index (χ3n) is 4.81. The molecule has 25 heavy (non-hydrogen) atoms. The van der Waals surface area contributed by atoms with Crippen LogP contribution in [0.15, 0.2) is 45.5 Å². The monoisotopic (exact) mass is 406 g/mol. The van der Waals surface area contributed by atoms with E-state index in [2.05, 4.69) is 50.4 Å². The molecule has 1 aliphatic rings. The first kappa shape index (κ1) is 18.0. The van der Waals surface area contributed by atoms with Gasteiger partial charge in [-0.2, -0.15) is 0 Å². The van der Waals surface area contributed by atoms with Gasteiger partial charge in [-0.1, -0.05) is 12.1 Å². The molecule has 1 aliphatic heterocycles. The van der Waals surface area contributed by atoms with Gasteiger partial charge in [-0.05, 0) is 40.2 Å². The predicted molar refractivity (Wildman–Crippen MR) is 102 cm³/mol. The van der Waals surface area contributed by atoms with Crippen LogP contribution in [0.5, 0.6) is 0 Å². The molecule has 0 aliphatic carbocycles. The average molecular weight is 407 g/mol. The SMILES string of the molecule is CN(C)c1ccc([C@H](CNC(=O)c2ccc(Br)o2)[NH+]2CCCC2)cc1. The standard InChI is InChI=1S/C19H24BrN3O2/c1-22(2)15-7-5-14(6-8-15)16(23-11-3-4-12-23)13-21-19(24)17-9-10-18(20)25-17/h5-10,16H,3-4,11-13H2,1-2H3,(H,21,24)/p+1/t16-/m0/s1. The van der Waals surface area contributed by atoms with Gasteiger partial charge in [-0.3, -0.25) is 4.79 Å². The lowest BCUT2D eigenvalue weighted by Crippen LogP contribution is -3.11. The zero-order valence-corrected chi connectivity index (χ0v) is 16.3. The summed E-state index contributed by atoms with van der Waals surface area (Å²) in [6, 6.07) is 12.3. The molecule has 3 rings (SSSR count). The molecule has 1 aromatic carbocycles. The third-order valence-corrected chi connectivity index (χ3v) is 5.24. The van der Waals surface area contributed by atoms with Crippen molar-refractivity contribution >= 4 is 27.5 Å². The maximum Gasteiger partial charge on any atom is 0.287 e. The van der Waals surface area contributed by atoms with Crippen LogP contribution in [0.3, 0.4) is 0 Å².